The lowest BCUT2D eigenvalue weighted by molar-refractivity contribution is 0.292. The van der Waals surface area contributed by atoms with Gasteiger partial charge < -0.3 is 5.32 Å². The molecule has 18 heavy (non-hydrogen) atoms. The Labute approximate surface area is 112 Å². The molecule has 2 rings (SSSR count). The summed E-state index contributed by atoms with van der Waals surface area (Å²) in [5.41, 5.74) is 1.56. The summed E-state index contributed by atoms with van der Waals surface area (Å²) in [6, 6.07) is 11.2. The molecule has 0 heterocycles. The number of nitrogens with one attached hydrogen (secondary N) is 1. The monoisotopic (exact) mass is 245 g/mol. The Bertz CT molecular complexity index is 314. The van der Waals surface area contributed by atoms with Crippen molar-refractivity contribution >= 4 is 0 Å². The molecule has 1 aliphatic carbocycles. The molecule has 0 saturated heterocycles. The molecule has 1 aromatic carbocycles. The van der Waals surface area contributed by atoms with Gasteiger partial charge in [0.2, 0.25) is 0 Å². The molecule has 1 nitrogen and oxygen atoms in total. The van der Waals surface area contributed by atoms with Crippen LogP contribution in [-0.2, 0) is 0 Å². The maximum atomic E-state index is 3.49. The maximum Gasteiger partial charge on any atom is -0.00431 e. The molecule has 0 radical (unpaired) electrons. The Kier molecular flexibility index (Phi) is 5.73. The molecule has 0 spiro atoms. The Hall–Kier alpha value is -0.820. The van der Waals surface area contributed by atoms with Gasteiger partial charge in [0.05, 0.1) is 0 Å². The average molecular weight is 245 g/mol. The lowest BCUT2D eigenvalue weighted by Gasteiger charge is -2.31. The molecular weight excluding hydrogens is 218 g/mol. The molecule has 100 valence electrons. The van der Waals surface area contributed by atoms with E-state index in [2.05, 4.69) is 42.6 Å². The van der Waals surface area contributed by atoms with E-state index in [1.54, 1.807) is 5.56 Å². The first kappa shape index (κ1) is 13.6. The van der Waals surface area contributed by atoms with Crippen molar-refractivity contribution in [3.8, 4) is 0 Å². The van der Waals surface area contributed by atoms with Crippen LogP contribution in [0.1, 0.15) is 56.9 Å². The molecule has 1 fully saturated rings. The first-order valence-electron chi connectivity index (χ1n) is 7.67. The fraction of sp³-hybridized carbons (Fsp3) is 0.647. The van der Waals surface area contributed by atoms with E-state index in [0.717, 1.165) is 24.9 Å². The van der Waals surface area contributed by atoms with E-state index in [1.165, 1.54) is 38.5 Å². The van der Waals surface area contributed by atoms with Crippen LogP contribution < -0.4 is 5.32 Å². The summed E-state index contributed by atoms with van der Waals surface area (Å²) in [5, 5.41) is 3.49. The van der Waals surface area contributed by atoms with Gasteiger partial charge in [0.25, 0.3) is 0 Å². The number of hydrogen-bond donors (Lipinski definition) is 1. The largest absolute Gasteiger partial charge is 0.317 e. The van der Waals surface area contributed by atoms with Crippen molar-refractivity contribution in [2.75, 3.05) is 13.1 Å². The van der Waals surface area contributed by atoms with E-state index in [4.69, 9.17) is 0 Å². The van der Waals surface area contributed by atoms with E-state index < -0.39 is 0 Å². The summed E-state index contributed by atoms with van der Waals surface area (Å²) in [7, 11) is 0. The first-order valence-corrected chi connectivity index (χ1v) is 7.67. The van der Waals surface area contributed by atoms with Crippen LogP contribution in [0.3, 0.4) is 0 Å². The molecule has 1 aliphatic rings. The van der Waals surface area contributed by atoms with Gasteiger partial charge in [-0.15, -0.1) is 0 Å². The number of hydrogen-bond acceptors (Lipinski definition) is 1. The van der Waals surface area contributed by atoms with Crippen LogP contribution in [0.2, 0.25) is 0 Å². The van der Waals surface area contributed by atoms with Gasteiger partial charge in [0, 0.05) is 0 Å². The smallest absolute Gasteiger partial charge is 0.00431 e. The van der Waals surface area contributed by atoms with Crippen LogP contribution in [0.4, 0.5) is 0 Å². The maximum absolute atomic E-state index is 3.49. The van der Waals surface area contributed by atoms with Crippen molar-refractivity contribution in [1.82, 2.24) is 5.32 Å². The molecule has 0 aliphatic heterocycles. The zero-order valence-electron chi connectivity index (χ0n) is 11.7. The van der Waals surface area contributed by atoms with Gasteiger partial charge in [-0.25, -0.2) is 0 Å². The highest BCUT2D eigenvalue weighted by atomic mass is 14.8. The normalized spacial score (nSPS) is 18.7. The number of rotatable bonds is 6. The highest BCUT2D eigenvalue weighted by Gasteiger charge is 2.24. The van der Waals surface area contributed by atoms with Gasteiger partial charge in [0.15, 0.2) is 0 Å². The second-order valence-corrected chi connectivity index (χ2v) is 5.56. The molecule has 1 unspecified atom stereocenters. The minimum Gasteiger partial charge on any atom is -0.317 e. The molecule has 1 heteroatoms. The minimum absolute atomic E-state index is 0.769. The zero-order chi connectivity index (χ0) is 12.6. The Morgan fingerprint density at radius 3 is 2.50 bits per heavy atom. The molecule has 0 amide bonds. The zero-order valence-corrected chi connectivity index (χ0v) is 11.7. The second-order valence-electron chi connectivity index (χ2n) is 5.56. The minimum atomic E-state index is 0.769. The Morgan fingerprint density at radius 2 is 1.83 bits per heavy atom. The van der Waals surface area contributed by atoms with Gasteiger partial charge in [-0.1, -0.05) is 56.5 Å². The second kappa shape index (κ2) is 7.58. The third-order valence-electron chi connectivity index (χ3n) is 4.33. The van der Waals surface area contributed by atoms with Gasteiger partial charge >= 0.3 is 0 Å². The van der Waals surface area contributed by atoms with Crippen molar-refractivity contribution in [3.05, 3.63) is 35.9 Å². The SMILES string of the molecule is CCNCCC(c1ccccc1)C1CCCCC1. The summed E-state index contributed by atoms with van der Waals surface area (Å²) in [5.74, 6) is 1.69. The molecular formula is C17H27N. The van der Waals surface area contributed by atoms with Crippen molar-refractivity contribution < 1.29 is 0 Å². The van der Waals surface area contributed by atoms with Crippen molar-refractivity contribution in [2.24, 2.45) is 5.92 Å². The molecule has 1 N–H and O–H groups in total. The topological polar surface area (TPSA) is 12.0 Å². The van der Waals surface area contributed by atoms with Crippen LogP contribution in [0.5, 0.6) is 0 Å². The van der Waals surface area contributed by atoms with E-state index >= 15 is 0 Å². The van der Waals surface area contributed by atoms with Gasteiger partial charge in [-0.3, -0.25) is 0 Å². The van der Waals surface area contributed by atoms with Crippen molar-refractivity contribution in [3.63, 3.8) is 0 Å². The summed E-state index contributed by atoms with van der Waals surface area (Å²) in [4.78, 5) is 0. The van der Waals surface area contributed by atoms with Crippen LogP contribution in [-0.4, -0.2) is 13.1 Å². The van der Waals surface area contributed by atoms with E-state index in [0.29, 0.717) is 0 Å². The summed E-state index contributed by atoms with van der Waals surface area (Å²) < 4.78 is 0. The fourth-order valence-corrected chi connectivity index (χ4v) is 3.35. The average Bonchev–Trinajstić information content (AvgIpc) is 2.46. The Balaban J connectivity index is 2.01. The van der Waals surface area contributed by atoms with E-state index in [-0.39, 0.29) is 0 Å². The standard InChI is InChI=1S/C17H27N/c1-2-18-14-13-17(15-9-5-3-6-10-15)16-11-7-4-8-12-16/h3,5-6,9-10,16-18H,2,4,7-8,11-14H2,1H3. The van der Waals surface area contributed by atoms with Crippen LogP contribution >= 0.6 is 0 Å². The van der Waals surface area contributed by atoms with E-state index in [9.17, 15) is 0 Å². The lowest BCUT2D eigenvalue weighted by atomic mass is 9.75. The summed E-state index contributed by atoms with van der Waals surface area (Å²) in [6.45, 7) is 4.44. The highest BCUT2D eigenvalue weighted by Crippen LogP contribution is 2.37. The third-order valence-corrected chi connectivity index (χ3v) is 4.33. The van der Waals surface area contributed by atoms with Crippen LogP contribution in [0.15, 0.2) is 30.3 Å². The van der Waals surface area contributed by atoms with Gasteiger partial charge in [-0.05, 0) is 49.8 Å². The molecule has 0 bridgehead atoms. The quantitative estimate of drug-likeness (QED) is 0.735. The van der Waals surface area contributed by atoms with Crippen molar-refractivity contribution in [1.29, 1.82) is 0 Å². The van der Waals surface area contributed by atoms with Gasteiger partial charge in [0.1, 0.15) is 0 Å². The van der Waals surface area contributed by atoms with Crippen LogP contribution in [0, 0.1) is 5.92 Å². The summed E-state index contributed by atoms with van der Waals surface area (Å²) >= 11 is 0. The molecule has 1 atom stereocenters. The van der Waals surface area contributed by atoms with Crippen LogP contribution in [0.25, 0.3) is 0 Å². The summed E-state index contributed by atoms with van der Waals surface area (Å²) in [6.07, 6.45) is 8.50. The van der Waals surface area contributed by atoms with Crippen molar-refractivity contribution in [2.45, 2.75) is 51.4 Å². The lowest BCUT2D eigenvalue weighted by Crippen LogP contribution is -2.22. The third kappa shape index (κ3) is 3.84. The fourth-order valence-electron chi connectivity index (χ4n) is 3.35. The van der Waals surface area contributed by atoms with Gasteiger partial charge in [-0.2, -0.15) is 0 Å². The predicted molar refractivity (Wildman–Crippen MR) is 78.9 cm³/mol. The van der Waals surface area contributed by atoms with E-state index in [1.807, 2.05) is 0 Å². The molecule has 1 aromatic rings. The number of benzene rings is 1. The molecule has 1 saturated carbocycles. The first-order chi connectivity index (χ1) is 8.92. The highest BCUT2D eigenvalue weighted by molar-refractivity contribution is 5.20. The Morgan fingerprint density at radius 1 is 1.11 bits per heavy atom. The predicted octanol–water partition coefficient (Wildman–Crippen LogP) is 4.35. The molecule has 0 aromatic heterocycles.